The van der Waals surface area contributed by atoms with Crippen molar-refractivity contribution < 1.29 is 33.4 Å². The van der Waals surface area contributed by atoms with Crippen LogP contribution in [-0.4, -0.2) is 63.3 Å². The van der Waals surface area contributed by atoms with Gasteiger partial charge in [-0.15, -0.1) is 0 Å². The first-order valence-corrected chi connectivity index (χ1v) is 10.9. The van der Waals surface area contributed by atoms with Gasteiger partial charge in [-0.25, -0.2) is 9.59 Å². The Kier molecular flexibility index (Phi) is 18.7. The summed E-state index contributed by atoms with van der Waals surface area (Å²) in [5, 5.41) is 5.10. The van der Waals surface area contributed by atoms with E-state index in [1.54, 1.807) is 13.8 Å². The number of aldehydes is 1. The Morgan fingerprint density at radius 1 is 0.800 bits per heavy atom. The minimum atomic E-state index is -0.478. The number of unbranched alkanes of at least 4 members (excludes halogenated alkanes) is 3. The first kappa shape index (κ1) is 27.8. The molecule has 0 saturated carbocycles. The van der Waals surface area contributed by atoms with E-state index >= 15 is 0 Å². The highest BCUT2D eigenvalue weighted by Gasteiger charge is 2.13. The third-order valence-electron chi connectivity index (χ3n) is 4.22. The average Bonchev–Trinajstić information content (AvgIpc) is 2.71. The van der Waals surface area contributed by atoms with Crippen molar-refractivity contribution >= 4 is 24.3 Å². The molecule has 174 valence electrons. The van der Waals surface area contributed by atoms with Gasteiger partial charge in [-0.2, -0.15) is 0 Å². The Balaban J connectivity index is 4.11. The molecule has 0 aliphatic carbocycles. The molecule has 0 aliphatic heterocycles. The van der Waals surface area contributed by atoms with Crippen LogP contribution < -0.4 is 10.6 Å². The Morgan fingerprint density at radius 3 is 1.90 bits per heavy atom. The van der Waals surface area contributed by atoms with Crippen molar-refractivity contribution in [2.45, 2.75) is 77.7 Å². The number of amides is 2. The van der Waals surface area contributed by atoms with E-state index in [9.17, 15) is 19.2 Å². The van der Waals surface area contributed by atoms with Crippen molar-refractivity contribution in [3.63, 3.8) is 0 Å². The molecule has 2 amide bonds. The summed E-state index contributed by atoms with van der Waals surface area (Å²) in [5.74, 6) is 0.195. The number of nitrogens with one attached hydrogen (secondary N) is 2. The summed E-state index contributed by atoms with van der Waals surface area (Å²) >= 11 is 0. The van der Waals surface area contributed by atoms with Gasteiger partial charge in [0.25, 0.3) is 0 Å². The van der Waals surface area contributed by atoms with Gasteiger partial charge < -0.3 is 29.6 Å². The minimum Gasteiger partial charge on any atom is -0.449 e. The van der Waals surface area contributed by atoms with Crippen LogP contribution in [0.2, 0.25) is 0 Å². The Hall–Kier alpha value is -2.16. The van der Waals surface area contributed by atoms with Crippen LogP contribution in [0.1, 0.15) is 71.6 Å². The van der Waals surface area contributed by atoms with E-state index in [0.717, 1.165) is 25.5 Å². The number of hydrogen-bond donors (Lipinski definition) is 2. The molecule has 30 heavy (non-hydrogen) atoms. The van der Waals surface area contributed by atoms with Crippen LogP contribution in [-0.2, 0) is 23.8 Å². The fourth-order valence-corrected chi connectivity index (χ4v) is 2.64. The third kappa shape index (κ3) is 17.9. The Morgan fingerprint density at radius 2 is 1.37 bits per heavy atom. The SMILES string of the molecule is CCNC(=O)OCCC(CCOC(=O)NCC)OCCCC(=O)CCCCCC=O. The number of ketones is 1. The molecule has 2 N–H and O–H groups in total. The van der Waals surface area contributed by atoms with Gasteiger partial charge in [-0.1, -0.05) is 6.42 Å². The van der Waals surface area contributed by atoms with Crippen molar-refractivity contribution in [2.24, 2.45) is 0 Å². The summed E-state index contributed by atoms with van der Waals surface area (Å²) in [6.45, 7) is 5.38. The minimum absolute atomic E-state index is 0.192. The molecule has 0 aromatic carbocycles. The normalized spacial score (nSPS) is 10.5. The van der Waals surface area contributed by atoms with Gasteiger partial charge in [0.2, 0.25) is 0 Å². The molecular weight excluding hydrogens is 392 g/mol. The maximum atomic E-state index is 11.9. The Bertz CT molecular complexity index is 462. The lowest BCUT2D eigenvalue weighted by Gasteiger charge is -2.18. The molecular formula is C21H38N2O7. The molecule has 0 saturated heterocycles. The van der Waals surface area contributed by atoms with Crippen LogP contribution in [0.4, 0.5) is 9.59 Å². The van der Waals surface area contributed by atoms with Crippen LogP contribution in [0.15, 0.2) is 0 Å². The van der Waals surface area contributed by atoms with E-state index in [1.165, 1.54) is 0 Å². The molecule has 9 heteroatoms. The van der Waals surface area contributed by atoms with E-state index in [-0.39, 0.29) is 25.1 Å². The molecule has 0 rings (SSSR count). The quantitative estimate of drug-likeness (QED) is 0.239. The fourth-order valence-electron chi connectivity index (χ4n) is 2.64. The molecule has 0 fully saturated rings. The first-order valence-electron chi connectivity index (χ1n) is 10.9. The predicted molar refractivity (Wildman–Crippen MR) is 112 cm³/mol. The van der Waals surface area contributed by atoms with Crippen molar-refractivity contribution in [2.75, 3.05) is 32.9 Å². The molecule has 0 aromatic rings. The number of rotatable bonds is 19. The summed E-state index contributed by atoms with van der Waals surface area (Å²) in [6.07, 6.45) is 5.32. The maximum Gasteiger partial charge on any atom is 0.407 e. The molecule has 9 nitrogen and oxygen atoms in total. The number of hydrogen-bond acceptors (Lipinski definition) is 7. The standard InChI is InChI=1S/C21H38N2O7/c1-3-22-20(26)29-16-12-19(13-17-30-21(27)23-4-2)28-15-9-11-18(25)10-7-5-6-8-14-24/h14,19H,3-13,15-17H2,1-2H3,(H,22,26)(H,23,27). The molecule has 0 aliphatic rings. The van der Waals surface area contributed by atoms with E-state index in [4.69, 9.17) is 14.2 Å². The van der Waals surface area contributed by atoms with Crippen molar-refractivity contribution in [3.05, 3.63) is 0 Å². The van der Waals surface area contributed by atoms with Crippen molar-refractivity contribution in [1.82, 2.24) is 10.6 Å². The van der Waals surface area contributed by atoms with Gasteiger partial charge in [-0.05, 0) is 33.1 Å². The lowest BCUT2D eigenvalue weighted by atomic mass is 10.1. The smallest absolute Gasteiger partial charge is 0.407 e. The topological polar surface area (TPSA) is 120 Å². The van der Waals surface area contributed by atoms with E-state index in [2.05, 4.69) is 10.6 Å². The second kappa shape index (κ2) is 20.1. The number of carbonyl (C=O) groups is 4. The number of carbonyl (C=O) groups excluding carboxylic acids is 4. The molecule has 0 atom stereocenters. The predicted octanol–water partition coefficient (Wildman–Crippen LogP) is 3.14. The van der Waals surface area contributed by atoms with Gasteiger partial charge in [-0.3, -0.25) is 4.79 Å². The monoisotopic (exact) mass is 430 g/mol. The highest BCUT2D eigenvalue weighted by Crippen LogP contribution is 2.09. The average molecular weight is 431 g/mol. The lowest BCUT2D eigenvalue weighted by molar-refractivity contribution is -0.119. The molecule has 0 unspecified atom stereocenters. The van der Waals surface area contributed by atoms with E-state index in [0.29, 0.717) is 58.2 Å². The summed E-state index contributed by atoms with van der Waals surface area (Å²) in [4.78, 5) is 44.9. The van der Waals surface area contributed by atoms with Crippen molar-refractivity contribution in [3.8, 4) is 0 Å². The second-order valence-electron chi connectivity index (χ2n) is 6.81. The summed E-state index contributed by atoms with van der Waals surface area (Å²) < 4.78 is 16.0. The number of ether oxygens (including phenoxy) is 3. The highest BCUT2D eigenvalue weighted by molar-refractivity contribution is 5.78. The zero-order valence-corrected chi connectivity index (χ0v) is 18.4. The molecule has 0 heterocycles. The number of alkyl carbamates (subject to hydrolysis) is 2. The van der Waals surface area contributed by atoms with Gasteiger partial charge in [0, 0.05) is 51.8 Å². The van der Waals surface area contributed by atoms with Crippen LogP contribution in [0.25, 0.3) is 0 Å². The van der Waals surface area contributed by atoms with E-state index in [1.807, 2.05) is 0 Å². The zero-order valence-electron chi connectivity index (χ0n) is 18.4. The van der Waals surface area contributed by atoms with Crippen LogP contribution in [0.3, 0.4) is 0 Å². The summed E-state index contributed by atoms with van der Waals surface area (Å²) in [6, 6.07) is 0. The molecule has 0 spiro atoms. The highest BCUT2D eigenvalue weighted by atomic mass is 16.6. The van der Waals surface area contributed by atoms with Crippen LogP contribution in [0.5, 0.6) is 0 Å². The van der Waals surface area contributed by atoms with Crippen molar-refractivity contribution in [1.29, 1.82) is 0 Å². The van der Waals surface area contributed by atoms with Gasteiger partial charge >= 0.3 is 12.2 Å². The van der Waals surface area contributed by atoms with Gasteiger partial charge in [0.15, 0.2) is 0 Å². The molecule has 0 aromatic heterocycles. The summed E-state index contributed by atoms with van der Waals surface area (Å²) in [7, 11) is 0. The van der Waals surface area contributed by atoms with Gasteiger partial charge in [0.05, 0.1) is 19.3 Å². The molecule has 0 radical (unpaired) electrons. The van der Waals surface area contributed by atoms with Gasteiger partial charge in [0.1, 0.15) is 12.1 Å². The Labute approximate surface area is 179 Å². The first-order chi connectivity index (χ1) is 14.5. The zero-order chi connectivity index (χ0) is 22.5. The maximum absolute atomic E-state index is 11.9. The lowest BCUT2D eigenvalue weighted by Crippen LogP contribution is -2.27. The fraction of sp³-hybridized carbons (Fsp3) is 0.810. The molecule has 0 bridgehead atoms. The van der Waals surface area contributed by atoms with Crippen LogP contribution in [0, 0.1) is 0 Å². The van der Waals surface area contributed by atoms with Crippen LogP contribution >= 0.6 is 0 Å². The van der Waals surface area contributed by atoms with E-state index < -0.39 is 12.2 Å². The number of Topliss-reactive ketones (excluding diaryl/α,β-unsaturated/α-hetero) is 1. The second-order valence-corrected chi connectivity index (χ2v) is 6.81. The largest absolute Gasteiger partial charge is 0.449 e. The summed E-state index contributed by atoms with van der Waals surface area (Å²) in [5.41, 5.74) is 0. The third-order valence-corrected chi connectivity index (χ3v) is 4.22.